The lowest BCUT2D eigenvalue weighted by Crippen LogP contribution is -2.20. The van der Waals surface area contributed by atoms with Crippen molar-refractivity contribution in [2.45, 2.75) is 26.2 Å². The van der Waals surface area contributed by atoms with E-state index >= 15 is 0 Å². The number of aryl methyl sites for hydroxylation is 1. The van der Waals surface area contributed by atoms with E-state index < -0.39 is 0 Å². The number of pyridine rings is 1. The zero-order valence-corrected chi connectivity index (χ0v) is 7.95. The molecule has 0 aliphatic carbocycles. The highest BCUT2D eigenvalue weighted by Crippen LogP contribution is 2.17. The topological polar surface area (TPSA) is 56.0 Å². The van der Waals surface area contributed by atoms with Crippen LogP contribution in [-0.2, 0) is 4.79 Å². The van der Waals surface area contributed by atoms with E-state index in [4.69, 9.17) is 5.73 Å². The van der Waals surface area contributed by atoms with Gasteiger partial charge in [0.25, 0.3) is 0 Å². The summed E-state index contributed by atoms with van der Waals surface area (Å²) in [5.74, 6) is -0.485. The lowest BCUT2D eigenvalue weighted by Gasteiger charge is -2.10. The maximum Gasteiger partial charge on any atom is 0.225 e. The molecule has 1 rings (SSSR count). The van der Waals surface area contributed by atoms with E-state index in [2.05, 4.69) is 4.98 Å². The van der Waals surface area contributed by atoms with Crippen molar-refractivity contribution in [1.29, 1.82) is 0 Å². The van der Waals surface area contributed by atoms with Crippen LogP contribution >= 0.6 is 0 Å². The molecule has 1 atom stereocenters. The molecule has 13 heavy (non-hydrogen) atoms. The predicted molar refractivity (Wildman–Crippen MR) is 51.2 cm³/mol. The summed E-state index contributed by atoms with van der Waals surface area (Å²) < 4.78 is 0. The maximum atomic E-state index is 11.0. The molecule has 1 unspecified atom stereocenters. The number of aromatic nitrogens is 1. The number of carbonyl (C=O) groups is 1. The van der Waals surface area contributed by atoms with Gasteiger partial charge in [-0.25, -0.2) is 0 Å². The van der Waals surface area contributed by atoms with Crippen LogP contribution in [0.2, 0.25) is 0 Å². The third-order valence-corrected chi connectivity index (χ3v) is 2.09. The second-order valence-electron chi connectivity index (χ2n) is 3.10. The summed E-state index contributed by atoms with van der Waals surface area (Å²) in [4.78, 5) is 15.1. The van der Waals surface area contributed by atoms with Gasteiger partial charge in [-0.05, 0) is 25.0 Å². The van der Waals surface area contributed by atoms with Crippen LogP contribution in [0.15, 0.2) is 18.3 Å². The molecule has 0 aliphatic rings. The molecule has 2 N–H and O–H groups in total. The second kappa shape index (κ2) is 4.03. The third-order valence-electron chi connectivity index (χ3n) is 2.09. The van der Waals surface area contributed by atoms with Crippen molar-refractivity contribution in [3.63, 3.8) is 0 Å². The van der Waals surface area contributed by atoms with Gasteiger partial charge >= 0.3 is 0 Å². The Morgan fingerprint density at radius 2 is 2.31 bits per heavy atom. The first-order chi connectivity index (χ1) is 6.15. The van der Waals surface area contributed by atoms with Crippen LogP contribution in [0.25, 0.3) is 0 Å². The van der Waals surface area contributed by atoms with E-state index in [0.29, 0.717) is 0 Å². The fourth-order valence-corrected chi connectivity index (χ4v) is 1.29. The van der Waals surface area contributed by atoms with E-state index in [1.54, 1.807) is 6.20 Å². The Morgan fingerprint density at radius 1 is 1.62 bits per heavy atom. The molecule has 0 radical (unpaired) electrons. The summed E-state index contributed by atoms with van der Waals surface area (Å²) >= 11 is 0. The van der Waals surface area contributed by atoms with Crippen molar-refractivity contribution in [3.8, 4) is 0 Å². The van der Waals surface area contributed by atoms with Gasteiger partial charge in [0.15, 0.2) is 0 Å². The Hall–Kier alpha value is -1.38. The lowest BCUT2D eigenvalue weighted by atomic mass is 9.97. The number of hydrogen-bond acceptors (Lipinski definition) is 2. The molecule has 70 valence electrons. The van der Waals surface area contributed by atoms with Crippen molar-refractivity contribution in [2.75, 3.05) is 0 Å². The SMILES string of the molecule is CCC(C(N)=O)c1ccc(C)nc1. The van der Waals surface area contributed by atoms with Gasteiger partial charge in [0.05, 0.1) is 5.92 Å². The average molecular weight is 178 g/mol. The van der Waals surface area contributed by atoms with Crippen LogP contribution in [0.3, 0.4) is 0 Å². The summed E-state index contributed by atoms with van der Waals surface area (Å²) in [6.07, 6.45) is 2.44. The highest BCUT2D eigenvalue weighted by molar-refractivity contribution is 5.81. The predicted octanol–water partition coefficient (Wildman–Crippen LogP) is 1.37. The van der Waals surface area contributed by atoms with Crippen LogP contribution in [0, 0.1) is 6.92 Å². The Labute approximate surface area is 78.0 Å². The molecular weight excluding hydrogens is 164 g/mol. The van der Waals surface area contributed by atoms with Gasteiger partial charge in [-0.1, -0.05) is 13.0 Å². The Bertz CT molecular complexity index is 292. The van der Waals surface area contributed by atoms with Gasteiger partial charge in [-0.2, -0.15) is 0 Å². The van der Waals surface area contributed by atoms with E-state index in [0.717, 1.165) is 17.7 Å². The van der Waals surface area contributed by atoms with Gasteiger partial charge in [-0.3, -0.25) is 9.78 Å². The van der Waals surface area contributed by atoms with E-state index in [1.165, 1.54) is 0 Å². The number of nitrogens with zero attached hydrogens (tertiary/aromatic N) is 1. The summed E-state index contributed by atoms with van der Waals surface area (Å²) in [5, 5.41) is 0. The van der Waals surface area contributed by atoms with Crippen LogP contribution < -0.4 is 5.73 Å². The fraction of sp³-hybridized carbons (Fsp3) is 0.400. The highest BCUT2D eigenvalue weighted by Gasteiger charge is 2.14. The van der Waals surface area contributed by atoms with Crippen molar-refractivity contribution < 1.29 is 4.79 Å². The minimum atomic E-state index is -0.284. The summed E-state index contributed by atoms with van der Waals surface area (Å²) in [7, 11) is 0. The molecular formula is C10H14N2O. The molecule has 0 fully saturated rings. The average Bonchev–Trinajstić information content (AvgIpc) is 2.09. The molecule has 0 saturated carbocycles. The summed E-state index contributed by atoms with van der Waals surface area (Å²) in [5.41, 5.74) is 7.10. The largest absolute Gasteiger partial charge is 0.369 e. The highest BCUT2D eigenvalue weighted by atomic mass is 16.1. The molecule has 1 amide bonds. The van der Waals surface area contributed by atoms with Crippen LogP contribution in [0.1, 0.15) is 30.5 Å². The second-order valence-corrected chi connectivity index (χ2v) is 3.10. The maximum absolute atomic E-state index is 11.0. The van der Waals surface area contributed by atoms with Crippen LogP contribution in [0.5, 0.6) is 0 Å². The number of amides is 1. The first-order valence-electron chi connectivity index (χ1n) is 4.37. The van der Waals surface area contributed by atoms with E-state index in [-0.39, 0.29) is 11.8 Å². The van der Waals surface area contributed by atoms with E-state index in [9.17, 15) is 4.79 Å². The zero-order chi connectivity index (χ0) is 9.84. The quantitative estimate of drug-likeness (QED) is 0.760. The normalized spacial score (nSPS) is 12.5. The molecule has 1 aromatic heterocycles. The summed E-state index contributed by atoms with van der Waals surface area (Å²) in [6, 6.07) is 3.79. The van der Waals surface area contributed by atoms with Gasteiger partial charge in [0.2, 0.25) is 5.91 Å². The lowest BCUT2D eigenvalue weighted by molar-refractivity contribution is -0.119. The van der Waals surface area contributed by atoms with Gasteiger partial charge in [0.1, 0.15) is 0 Å². The monoisotopic (exact) mass is 178 g/mol. The number of hydrogen-bond donors (Lipinski definition) is 1. The van der Waals surface area contributed by atoms with Crippen molar-refractivity contribution in [3.05, 3.63) is 29.6 Å². The number of nitrogens with two attached hydrogens (primary N) is 1. The molecule has 0 saturated heterocycles. The molecule has 0 bridgehead atoms. The Morgan fingerprint density at radius 3 is 2.69 bits per heavy atom. The number of primary amides is 1. The first kappa shape index (κ1) is 9.71. The first-order valence-corrected chi connectivity index (χ1v) is 4.37. The minimum Gasteiger partial charge on any atom is -0.369 e. The third kappa shape index (κ3) is 2.28. The molecule has 1 aromatic rings. The number of carbonyl (C=O) groups excluding carboxylic acids is 1. The number of rotatable bonds is 3. The van der Waals surface area contributed by atoms with Crippen molar-refractivity contribution in [2.24, 2.45) is 5.73 Å². The van der Waals surface area contributed by atoms with Gasteiger partial charge < -0.3 is 5.73 Å². The van der Waals surface area contributed by atoms with Crippen LogP contribution in [-0.4, -0.2) is 10.9 Å². The van der Waals surface area contributed by atoms with Crippen LogP contribution in [0.4, 0.5) is 0 Å². The smallest absolute Gasteiger partial charge is 0.225 e. The Balaban J connectivity index is 2.92. The molecule has 3 nitrogen and oxygen atoms in total. The van der Waals surface area contributed by atoms with Crippen molar-refractivity contribution in [1.82, 2.24) is 4.98 Å². The van der Waals surface area contributed by atoms with Gasteiger partial charge in [0, 0.05) is 11.9 Å². The molecule has 0 aliphatic heterocycles. The fourth-order valence-electron chi connectivity index (χ4n) is 1.29. The Kier molecular flexibility index (Phi) is 3.01. The molecule has 0 aromatic carbocycles. The van der Waals surface area contributed by atoms with Crippen molar-refractivity contribution >= 4 is 5.91 Å². The molecule has 3 heteroatoms. The summed E-state index contributed by atoms with van der Waals surface area (Å²) in [6.45, 7) is 3.85. The molecule has 1 heterocycles. The standard InChI is InChI=1S/C10H14N2O/c1-3-9(10(11)13)8-5-4-7(2)12-6-8/h4-6,9H,3H2,1-2H3,(H2,11,13). The zero-order valence-electron chi connectivity index (χ0n) is 7.95. The molecule has 0 spiro atoms. The van der Waals surface area contributed by atoms with E-state index in [1.807, 2.05) is 26.0 Å². The van der Waals surface area contributed by atoms with Gasteiger partial charge in [-0.15, -0.1) is 0 Å². The minimum absolute atomic E-state index is 0.201.